The van der Waals surface area contributed by atoms with Gasteiger partial charge in [-0.05, 0) is 0 Å². The van der Waals surface area contributed by atoms with Crippen molar-refractivity contribution in [1.29, 1.82) is 0 Å². The third-order valence-corrected chi connectivity index (χ3v) is 1.11. The molecule has 9 heavy (non-hydrogen) atoms. The molecule has 0 atom stereocenters. The Balaban J connectivity index is 2.88. The molecule has 0 aliphatic carbocycles. The van der Waals surface area contributed by atoms with E-state index < -0.39 is 0 Å². The molecule has 48 valence electrons. The summed E-state index contributed by atoms with van der Waals surface area (Å²) in [6.45, 7) is 0. The van der Waals surface area contributed by atoms with Gasteiger partial charge in [0.15, 0.2) is 12.4 Å². The standard InChI is InChI=1S/C6H8N2O/c1-8-4-2-6(7-9)3-5-8/h2-5,9H,1H3/p+1. The van der Waals surface area contributed by atoms with Crippen molar-refractivity contribution in [1.82, 2.24) is 0 Å². The van der Waals surface area contributed by atoms with E-state index in [1.54, 1.807) is 12.1 Å². The molecule has 0 aliphatic heterocycles. The summed E-state index contributed by atoms with van der Waals surface area (Å²) in [6, 6.07) is 3.56. The summed E-state index contributed by atoms with van der Waals surface area (Å²) >= 11 is 0. The fraction of sp³-hybridized carbons (Fsp3) is 0.167. The molecule has 1 aromatic heterocycles. The number of hydrogen-bond acceptors (Lipinski definition) is 2. The molecule has 0 bridgehead atoms. The lowest BCUT2D eigenvalue weighted by Crippen LogP contribution is -2.25. The molecule has 0 amide bonds. The highest BCUT2D eigenvalue weighted by Crippen LogP contribution is 1.98. The molecule has 0 saturated carbocycles. The van der Waals surface area contributed by atoms with Crippen LogP contribution in [0, 0.1) is 0 Å². The number of aryl methyl sites for hydroxylation is 1. The zero-order valence-corrected chi connectivity index (χ0v) is 5.20. The Bertz CT molecular complexity index is 183. The minimum absolute atomic E-state index is 0.702. The molecule has 0 aromatic carbocycles. The molecule has 0 aliphatic rings. The largest absolute Gasteiger partial charge is 0.291 e. The van der Waals surface area contributed by atoms with Gasteiger partial charge in [0.25, 0.3) is 0 Å². The molecule has 0 unspecified atom stereocenters. The Morgan fingerprint density at radius 1 is 1.44 bits per heavy atom. The maximum atomic E-state index is 8.37. The van der Waals surface area contributed by atoms with E-state index in [1.807, 2.05) is 29.5 Å². The number of hydrogen-bond donors (Lipinski definition) is 2. The minimum atomic E-state index is 0.702. The van der Waals surface area contributed by atoms with Gasteiger partial charge in [0, 0.05) is 12.1 Å². The maximum absolute atomic E-state index is 8.37. The highest BCUT2D eigenvalue weighted by atomic mass is 16.5. The summed E-state index contributed by atoms with van der Waals surface area (Å²) in [6.07, 6.45) is 3.69. The predicted molar refractivity (Wildman–Crippen MR) is 33.0 cm³/mol. The second-order valence-electron chi connectivity index (χ2n) is 1.86. The maximum Gasteiger partial charge on any atom is 0.170 e. The van der Waals surface area contributed by atoms with Crippen LogP contribution >= 0.6 is 0 Å². The molecule has 0 saturated heterocycles. The van der Waals surface area contributed by atoms with Crippen LogP contribution in [-0.4, -0.2) is 5.21 Å². The summed E-state index contributed by atoms with van der Waals surface area (Å²) in [5.41, 5.74) is 2.74. The fourth-order valence-electron chi connectivity index (χ4n) is 0.576. The number of pyridine rings is 1. The summed E-state index contributed by atoms with van der Waals surface area (Å²) in [7, 11) is 1.92. The van der Waals surface area contributed by atoms with Crippen LogP contribution in [0.15, 0.2) is 24.5 Å². The van der Waals surface area contributed by atoms with Crippen molar-refractivity contribution in [2.75, 3.05) is 5.48 Å². The molecular formula is C6H9N2O+. The van der Waals surface area contributed by atoms with Crippen molar-refractivity contribution < 1.29 is 9.77 Å². The average molecular weight is 125 g/mol. The molecule has 2 N–H and O–H groups in total. The van der Waals surface area contributed by atoms with Crippen molar-refractivity contribution in [2.24, 2.45) is 7.05 Å². The lowest BCUT2D eigenvalue weighted by atomic mass is 10.4. The number of nitrogens with one attached hydrogen (secondary N) is 1. The Hall–Kier alpha value is -1.09. The number of nitrogens with zero attached hydrogens (tertiary/aromatic N) is 1. The van der Waals surface area contributed by atoms with Gasteiger partial charge in [-0.3, -0.25) is 10.7 Å². The monoisotopic (exact) mass is 125 g/mol. The lowest BCUT2D eigenvalue weighted by Gasteiger charge is -1.92. The summed E-state index contributed by atoms with van der Waals surface area (Å²) in [5.74, 6) is 0. The van der Waals surface area contributed by atoms with Crippen molar-refractivity contribution in [2.45, 2.75) is 0 Å². The summed E-state index contributed by atoms with van der Waals surface area (Å²) in [5, 5.41) is 8.37. The van der Waals surface area contributed by atoms with Gasteiger partial charge >= 0.3 is 0 Å². The zero-order chi connectivity index (χ0) is 6.69. The van der Waals surface area contributed by atoms with Gasteiger partial charge in [0.1, 0.15) is 7.05 Å². The topological polar surface area (TPSA) is 36.1 Å². The van der Waals surface area contributed by atoms with E-state index in [9.17, 15) is 0 Å². The molecule has 1 rings (SSSR count). The smallest absolute Gasteiger partial charge is 0.170 e. The molecule has 3 heteroatoms. The van der Waals surface area contributed by atoms with Crippen LogP contribution in [0.1, 0.15) is 0 Å². The number of aromatic nitrogens is 1. The van der Waals surface area contributed by atoms with Gasteiger partial charge < -0.3 is 0 Å². The van der Waals surface area contributed by atoms with E-state index in [1.165, 1.54) is 0 Å². The lowest BCUT2D eigenvalue weighted by molar-refractivity contribution is -0.671. The van der Waals surface area contributed by atoms with E-state index in [4.69, 9.17) is 5.21 Å². The molecular weight excluding hydrogens is 116 g/mol. The van der Waals surface area contributed by atoms with Crippen molar-refractivity contribution >= 4 is 5.69 Å². The zero-order valence-electron chi connectivity index (χ0n) is 5.20. The first-order valence-corrected chi connectivity index (χ1v) is 2.68. The molecule has 0 fully saturated rings. The molecule has 0 spiro atoms. The first-order valence-electron chi connectivity index (χ1n) is 2.68. The van der Waals surface area contributed by atoms with Crippen LogP contribution in [0.5, 0.6) is 0 Å². The van der Waals surface area contributed by atoms with Crippen LogP contribution in [-0.2, 0) is 7.05 Å². The summed E-state index contributed by atoms with van der Waals surface area (Å²) in [4.78, 5) is 0. The van der Waals surface area contributed by atoms with Crippen LogP contribution in [0.4, 0.5) is 5.69 Å². The van der Waals surface area contributed by atoms with E-state index >= 15 is 0 Å². The third-order valence-electron chi connectivity index (χ3n) is 1.11. The minimum Gasteiger partial charge on any atom is -0.291 e. The Morgan fingerprint density at radius 3 is 2.44 bits per heavy atom. The Morgan fingerprint density at radius 2 is 2.00 bits per heavy atom. The van der Waals surface area contributed by atoms with Gasteiger partial charge in [-0.25, -0.2) is 4.57 Å². The highest BCUT2D eigenvalue weighted by molar-refractivity contribution is 5.36. The van der Waals surface area contributed by atoms with Gasteiger partial charge in [-0.15, -0.1) is 0 Å². The highest BCUT2D eigenvalue weighted by Gasteiger charge is 1.90. The predicted octanol–water partition coefficient (Wildman–Crippen LogP) is 0.312. The first kappa shape index (κ1) is 6.04. The van der Waals surface area contributed by atoms with Crippen LogP contribution in [0.3, 0.4) is 0 Å². The molecule has 1 heterocycles. The number of rotatable bonds is 1. The summed E-state index contributed by atoms with van der Waals surface area (Å²) < 4.78 is 1.89. The fourth-order valence-corrected chi connectivity index (χ4v) is 0.576. The SMILES string of the molecule is C[n+]1ccc(NO)cc1. The van der Waals surface area contributed by atoms with Crippen molar-refractivity contribution in [3.8, 4) is 0 Å². The first-order chi connectivity index (χ1) is 4.33. The van der Waals surface area contributed by atoms with Crippen LogP contribution in [0.2, 0.25) is 0 Å². The van der Waals surface area contributed by atoms with Crippen LogP contribution in [0.25, 0.3) is 0 Å². The van der Waals surface area contributed by atoms with Crippen molar-refractivity contribution in [3.05, 3.63) is 24.5 Å². The normalized spacial score (nSPS) is 9.11. The molecule has 1 aromatic rings. The van der Waals surface area contributed by atoms with E-state index in [0.717, 1.165) is 0 Å². The second kappa shape index (κ2) is 2.46. The van der Waals surface area contributed by atoms with Gasteiger partial charge in [-0.2, -0.15) is 0 Å². The average Bonchev–Trinajstić information content (AvgIpc) is 1.90. The molecule has 0 radical (unpaired) electrons. The quantitative estimate of drug-likeness (QED) is 0.418. The number of anilines is 1. The van der Waals surface area contributed by atoms with Crippen molar-refractivity contribution in [3.63, 3.8) is 0 Å². The van der Waals surface area contributed by atoms with E-state index in [0.29, 0.717) is 5.69 Å². The van der Waals surface area contributed by atoms with Crippen LogP contribution < -0.4 is 10.0 Å². The van der Waals surface area contributed by atoms with E-state index in [2.05, 4.69) is 0 Å². The van der Waals surface area contributed by atoms with Gasteiger partial charge in [0.05, 0.1) is 5.69 Å². The van der Waals surface area contributed by atoms with Gasteiger partial charge in [0.2, 0.25) is 0 Å². The second-order valence-corrected chi connectivity index (χ2v) is 1.86. The van der Waals surface area contributed by atoms with Gasteiger partial charge in [-0.1, -0.05) is 0 Å². The van der Waals surface area contributed by atoms with E-state index in [-0.39, 0.29) is 0 Å². The third kappa shape index (κ3) is 1.40. The molecule has 3 nitrogen and oxygen atoms in total. The Labute approximate surface area is 53.5 Å². The Kier molecular flexibility index (Phi) is 1.65.